The number of rotatable bonds is 0. The highest BCUT2D eigenvalue weighted by molar-refractivity contribution is 5.08. The van der Waals surface area contributed by atoms with Crippen LogP contribution in [0, 0.1) is 23.7 Å². The molecule has 6 bridgehead atoms. The Morgan fingerprint density at radius 3 is 2.77 bits per heavy atom. The molecule has 1 heteroatoms. The standard InChI is InChI=1S/C12H19N/c1-2-9-7-4-8-6-11(9)10(3-1)12(5-7)13-8/h7-13H,1-6H2. The molecule has 2 saturated heterocycles. The van der Waals surface area contributed by atoms with E-state index in [9.17, 15) is 0 Å². The number of hydrogen-bond donors (Lipinski definition) is 1. The van der Waals surface area contributed by atoms with E-state index in [4.69, 9.17) is 0 Å². The number of piperidine rings is 2. The van der Waals surface area contributed by atoms with Crippen LogP contribution >= 0.6 is 0 Å². The van der Waals surface area contributed by atoms with E-state index in [0.717, 1.165) is 35.8 Å². The molecule has 2 aliphatic heterocycles. The van der Waals surface area contributed by atoms with Crippen LogP contribution in [0.15, 0.2) is 0 Å². The summed E-state index contributed by atoms with van der Waals surface area (Å²) < 4.78 is 0. The minimum Gasteiger partial charge on any atom is -0.311 e. The van der Waals surface area contributed by atoms with Gasteiger partial charge in [0.25, 0.3) is 0 Å². The molecule has 0 aromatic rings. The fraction of sp³-hybridized carbons (Fsp3) is 1.00. The monoisotopic (exact) mass is 177 g/mol. The summed E-state index contributed by atoms with van der Waals surface area (Å²) in [6.45, 7) is 0. The quantitative estimate of drug-likeness (QED) is 0.598. The van der Waals surface area contributed by atoms with Gasteiger partial charge in [-0.3, -0.25) is 0 Å². The van der Waals surface area contributed by atoms with Crippen molar-refractivity contribution < 1.29 is 0 Å². The molecule has 0 aromatic carbocycles. The van der Waals surface area contributed by atoms with Gasteiger partial charge in [0.2, 0.25) is 0 Å². The Bertz CT molecular complexity index is 217. The molecule has 3 aliphatic carbocycles. The van der Waals surface area contributed by atoms with E-state index >= 15 is 0 Å². The molecule has 5 fully saturated rings. The van der Waals surface area contributed by atoms with E-state index in [1.807, 2.05) is 0 Å². The molecule has 3 saturated carbocycles. The Morgan fingerprint density at radius 2 is 1.77 bits per heavy atom. The molecule has 6 atom stereocenters. The first-order chi connectivity index (χ1) is 6.42. The van der Waals surface area contributed by atoms with Gasteiger partial charge in [-0.2, -0.15) is 0 Å². The van der Waals surface area contributed by atoms with Crippen molar-refractivity contribution >= 4 is 0 Å². The second-order valence-electron chi connectivity index (χ2n) is 5.86. The van der Waals surface area contributed by atoms with Crippen LogP contribution in [0.4, 0.5) is 0 Å². The van der Waals surface area contributed by atoms with Gasteiger partial charge in [-0.15, -0.1) is 0 Å². The van der Waals surface area contributed by atoms with Crippen molar-refractivity contribution in [3.63, 3.8) is 0 Å². The highest BCUT2D eigenvalue weighted by Gasteiger charge is 2.54. The molecule has 0 spiro atoms. The lowest BCUT2D eigenvalue weighted by Gasteiger charge is -2.61. The molecule has 72 valence electrons. The lowest BCUT2D eigenvalue weighted by atomic mass is 9.50. The Balaban J connectivity index is 1.76. The van der Waals surface area contributed by atoms with Crippen LogP contribution in [0.1, 0.15) is 38.5 Å². The van der Waals surface area contributed by atoms with Crippen molar-refractivity contribution in [1.82, 2.24) is 5.32 Å². The largest absolute Gasteiger partial charge is 0.311 e. The van der Waals surface area contributed by atoms with Crippen molar-refractivity contribution in [1.29, 1.82) is 0 Å². The van der Waals surface area contributed by atoms with Crippen LogP contribution in [0.25, 0.3) is 0 Å². The molecule has 0 aromatic heterocycles. The number of nitrogens with one attached hydrogen (secondary N) is 1. The number of hydrogen-bond acceptors (Lipinski definition) is 1. The van der Waals surface area contributed by atoms with Crippen LogP contribution in [0.5, 0.6) is 0 Å². The van der Waals surface area contributed by atoms with Gasteiger partial charge in [0.05, 0.1) is 0 Å². The average molecular weight is 177 g/mol. The topological polar surface area (TPSA) is 12.0 Å². The van der Waals surface area contributed by atoms with Crippen molar-refractivity contribution in [3.8, 4) is 0 Å². The van der Waals surface area contributed by atoms with Crippen LogP contribution < -0.4 is 5.32 Å². The van der Waals surface area contributed by atoms with Gasteiger partial charge in [0.15, 0.2) is 0 Å². The van der Waals surface area contributed by atoms with E-state index in [-0.39, 0.29) is 0 Å². The zero-order chi connectivity index (χ0) is 8.41. The van der Waals surface area contributed by atoms with E-state index in [0.29, 0.717) is 0 Å². The van der Waals surface area contributed by atoms with Gasteiger partial charge in [-0.25, -0.2) is 0 Å². The van der Waals surface area contributed by atoms with Gasteiger partial charge in [-0.1, -0.05) is 6.42 Å². The Kier molecular flexibility index (Phi) is 1.29. The van der Waals surface area contributed by atoms with Crippen molar-refractivity contribution in [3.05, 3.63) is 0 Å². The third kappa shape index (κ3) is 0.823. The molecule has 0 radical (unpaired) electrons. The molecule has 5 rings (SSSR count). The highest BCUT2D eigenvalue weighted by atomic mass is 15.0. The van der Waals surface area contributed by atoms with Gasteiger partial charge in [0, 0.05) is 12.1 Å². The maximum absolute atomic E-state index is 3.87. The van der Waals surface area contributed by atoms with Gasteiger partial charge >= 0.3 is 0 Å². The third-order valence-corrected chi connectivity index (χ3v) is 5.45. The van der Waals surface area contributed by atoms with Gasteiger partial charge in [-0.05, 0) is 55.8 Å². The summed E-state index contributed by atoms with van der Waals surface area (Å²) in [5.41, 5.74) is 0. The van der Waals surface area contributed by atoms with E-state index < -0.39 is 0 Å². The van der Waals surface area contributed by atoms with Crippen LogP contribution in [0.2, 0.25) is 0 Å². The first kappa shape index (κ1) is 7.28. The van der Waals surface area contributed by atoms with Crippen LogP contribution in [-0.4, -0.2) is 12.1 Å². The van der Waals surface area contributed by atoms with E-state index in [1.54, 1.807) is 6.42 Å². The predicted molar refractivity (Wildman–Crippen MR) is 52.4 cm³/mol. The molecule has 5 aliphatic rings. The van der Waals surface area contributed by atoms with Crippen LogP contribution in [0.3, 0.4) is 0 Å². The van der Waals surface area contributed by atoms with Gasteiger partial charge < -0.3 is 5.32 Å². The normalized spacial score (nSPS) is 62.8. The summed E-state index contributed by atoms with van der Waals surface area (Å²) in [5, 5.41) is 3.87. The lowest BCUT2D eigenvalue weighted by Crippen LogP contribution is -2.64. The Labute approximate surface area is 80.3 Å². The second-order valence-corrected chi connectivity index (χ2v) is 5.86. The van der Waals surface area contributed by atoms with Crippen molar-refractivity contribution in [2.45, 2.75) is 50.6 Å². The fourth-order valence-electron chi connectivity index (χ4n) is 5.14. The van der Waals surface area contributed by atoms with Crippen molar-refractivity contribution in [2.24, 2.45) is 23.7 Å². The molecular weight excluding hydrogens is 158 g/mol. The lowest BCUT2D eigenvalue weighted by molar-refractivity contribution is -0.0782. The summed E-state index contributed by atoms with van der Waals surface area (Å²) in [6.07, 6.45) is 9.23. The average Bonchev–Trinajstić information content (AvgIpc) is 2.15. The molecule has 1 N–H and O–H groups in total. The zero-order valence-corrected chi connectivity index (χ0v) is 8.21. The summed E-state index contributed by atoms with van der Waals surface area (Å²) in [7, 11) is 0. The van der Waals surface area contributed by atoms with E-state index in [2.05, 4.69) is 5.32 Å². The first-order valence-corrected chi connectivity index (χ1v) is 6.18. The summed E-state index contributed by atoms with van der Waals surface area (Å²) in [6, 6.07) is 1.87. The fourth-order valence-corrected chi connectivity index (χ4v) is 5.14. The SMILES string of the molecule is C1CC2C3CC4CC2C(C1)C(C3)N4. The third-order valence-electron chi connectivity index (χ3n) is 5.45. The Morgan fingerprint density at radius 1 is 0.846 bits per heavy atom. The highest BCUT2D eigenvalue weighted by Crippen LogP contribution is 2.56. The summed E-state index contributed by atoms with van der Waals surface area (Å²) >= 11 is 0. The molecule has 6 unspecified atom stereocenters. The second kappa shape index (κ2) is 2.31. The first-order valence-electron chi connectivity index (χ1n) is 6.18. The van der Waals surface area contributed by atoms with E-state index in [1.165, 1.54) is 32.1 Å². The molecular formula is C12H19N. The maximum atomic E-state index is 3.87. The summed E-state index contributed by atoms with van der Waals surface area (Å²) in [5.74, 6) is 4.53. The minimum absolute atomic E-state index is 0.930. The summed E-state index contributed by atoms with van der Waals surface area (Å²) in [4.78, 5) is 0. The van der Waals surface area contributed by atoms with Crippen molar-refractivity contribution in [2.75, 3.05) is 0 Å². The molecule has 2 heterocycles. The molecule has 0 amide bonds. The minimum atomic E-state index is 0.930. The molecule has 13 heavy (non-hydrogen) atoms. The zero-order valence-electron chi connectivity index (χ0n) is 8.21. The smallest absolute Gasteiger partial charge is 0.0103 e. The maximum Gasteiger partial charge on any atom is 0.0103 e. The van der Waals surface area contributed by atoms with Gasteiger partial charge in [0.1, 0.15) is 0 Å². The Hall–Kier alpha value is -0.0400. The van der Waals surface area contributed by atoms with Crippen LogP contribution in [-0.2, 0) is 0 Å². The molecule has 1 nitrogen and oxygen atoms in total. The predicted octanol–water partition coefficient (Wildman–Crippen LogP) is 2.17.